The Bertz CT molecular complexity index is 625. The van der Waals surface area contributed by atoms with Gasteiger partial charge in [-0.2, -0.15) is 0 Å². The molecule has 0 saturated heterocycles. The van der Waals surface area contributed by atoms with Gasteiger partial charge in [0.05, 0.1) is 0 Å². The minimum Gasteiger partial charge on any atom is -0.303 e. The number of aldehydes is 1. The van der Waals surface area contributed by atoms with E-state index in [0.717, 1.165) is 16.6 Å². The molecule has 1 nitrogen and oxygen atoms in total. The van der Waals surface area contributed by atoms with E-state index in [1.807, 2.05) is 0 Å². The lowest BCUT2D eigenvalue weighted by Crippen LogP contribution is -2.24. The average Bonchev–Trinajstić information content (AvgIpc) is 2.45. The van der Waals surface area contributed by atoms with Crippen molar-refractivity contribution in [2.24, 2.45) is 0 Å². The summed E-state index contributed by atoms with van der Waals surface area (Å²) < 4.78 is 29.1. The van der Waals surface area contributed by atoms with Crippen LogP contribution in [0.25, 0.3) is 0 Å². The van der Waals surface area contributed by atoms with E-state index in [-0.39, 0.29) is 18.4 Å². The SMILES string of the molecule is O=CCCC(Cl)(c1ccc(Br)cc1)c1c(F)cccc1F. The van der Waals surface area contributed by atoms with E-state index in [0.29, 0.717) is 11.8 Å². The monoisotopic (exact) mass is 372 g/mol. The number of hydrogen-bond donors (Lipinski definition) is 0. The van der Waals surface area contributed by atoms with Gasteiger partial charge < -0.3 is 4.79 Å². The van der Waals surface area contributed by atoms with E-state index in [1.54, 1.807) is 24.3 Å². The first-order chi connectivity index (χ1) is 9.99. The molecule has 110 valence electrons. The molecule has 0 aliphatic rings. The predicted octanol–water partition coefficient (Wildman–Crippen LogP) is 5.19. The molecule has 0 aliphatic carbocycles. The van der Waals surface area contributed by atoms with Gasteiger partial charge in [-0.05, 0) is 36.2 Å². The van der Waals surface area contributed by atoms with Crippen molar-refractivity contribution >= 4 is 33.8 Å². The Labute approximate surface area is 135 Å². The molecule has 21 heavy (non-hydrogen) atoms. The van der Waals surface area contributed by atoms with Gasteiger partial charge >= 0.3 is 0 Å². The number of hydrogen-bond acceptors (Lipinski definition) is 1. The quantitative estimate of drug-likeness (QED) is 0.521. The first-order valence-corrected chi connectivity index (χ1v) is 7.49. The second kappa shape index (κ2) is 6.67. The molecule has 0 saturated carbocycles. The maximum absolute atomic E-state index is 14.1. The Hall–Kier alpha value is -1.26. The lowest BCUT2D eigenvalue weighted by atomic mass is 9.86. The molecule has 0 aliphatic heterocycles. The summed E-state index contributed by atoms with van der Waals surface area (Å²) in [6.45, 7) is 0. The molecule has 5 heteroatoms. The summed E-state index contributed by atoms with van der Waals surface area (Å²) in [7, 11) is 0. The molecule has 0 amide bonds. The van der Waals surface area contributed by atoms with Crippen molar-refractivity contribution in [3.8, 4) is 0 Å². The molecule has 0 spiro atoms. The summed E-state index contributed by atoms with van der Waals surface area (Å²) >= 11 is 9.88. The van der Waals surface area contributed by atoms with Crippen molar-refractivity contribution in [2.75, 3.05) is 0 Å². The van der Waals surface area contributed by atoms with E-state index in [9.17, 15) is 13.6 Å². The van der Waals surface area contributed by atoms with Crippen LogP contribution < -0.4 is 0 Å². The summed E-state index contributed by atoms with van der Waals surface area (Å²) in [4.78, 5) is 9.26. The van der Waals surface area contributed by atoms with E-state index in [2.05, 4.69) is 15.9 Å². The third kappa shape index (κ3) is 3.33. The van der Waals surface area contributed by atoms with E-state index >= 15 is 0 Å². The van der Waals surface area contributed by atoms with Crippen LogP contribution in [0.4, 0.5) is 8.78 Å². The summed E-state index contributed by atoms with van der Waals surface area (Å²) in [6, 6.07) is 10.5. The minimum absolute atomic E-state index is 0.105. The first-order valence-electron chi connectivity index (χ1n) is 6.32. The zero-order chi connectivity index (χ0) is 15.5. The van der Waals surface area contributed by atoms with Crippen LogP contribution in [0, 0.1) is 11.6 Å². The van der Waals surface area contributed by atoms with Crippen LogP contribution in [0.2, 0.25) is 0 Å². The lowest BCUT2D eigenvalue weighted by molar-refractivity contribution is -0.108. The summed E-state index contributed by atoms with van der Waals surface area (Å²) in [5.41, 5.74) is 0.314. The molecule has 2 aromatic carbocycles. The molecule has 2 aromatic rings. The van der Waals surface area contributed by atoms with Crippen LogP contribution >= 0.6 is 27.5 Å². The Morgan fingerprint density at radius 2 is 1.67 bits per heavy atom. The summed E-state index contributed by atoms with van der Waals surface area (Å²) in [5, 5.41) is 0. The topological polar surface area (TPSA) is 17.1 Å². The molecule has 0 heterocycles. The fraction of sp³-hybridized carbons (Fsp3) is 0.188. The van der Waals surface area contributed by atoms with Crippen molar-refractivity contribution < 1.29 is 13.6 Å². The standard InChI is InChI=1S/C16H12BrClF2O/c17-12-7-5-11(6-8-12)16(18,9-2-10-21)15-13(19)3-1-4-14(15)20/h1,3-8,10H,2,9H2. The second-order valence-electron chi connectivity index (χ2n) is 4.61. The van der Waals surface area contributed by atoms with Gasteiger partial charge in [0.25, 0.3) is 0 Å². The highest BCUT2D eigenvalue weighted by molar-refractivity contribution is 9.10. The van der Waals surface area contributed by atoms with Crippen molar-refractivity contribution in [2.45, 2.75) is 17.7 Å². The molecule has 0 aromatic heterocycles. The molecule has 2 rings (SSSR count). The zero-order valence-electron chi connectivity index (χ0n) is 11.0. The van der Waals surface area contributed by atoms with Crippen LogP contribution in [0.3, 0.4) is 0 Å². The van der Waals surface area contributed by atoms with Crippen LogP contribution in [0.5, 0.6) is 0 Å². The third-order valence-electron chi connectivity index (χ3n) is 3.27. The second-order valence-corrected chi connectivity index (χ2v) is 6.17. The van der Waals surface area contributed by atoms with Gasteiger partial charge in [0, 0.05) is 16.5 Å². The number of benzene rings is 2. The van der Waals surface area contributed by atoms with Crippen molar-refractivity contribution in [1.82, 2.24) is 0 Å². The molecule has 1 unspecified atom stereocenters. The maximum atomic E-state index is 14.1. The average molecular weight is 374 g/mol. The van der Waals surface area contributed by atoms with Crippen LogP contribution in [-0.2, 0) is 9.67 Å². The molecular formula is C16H12BrClF2O. The van der Waals surface area contributed by atoms with Gasteiger partial charge in [0.1, 0.15) is 22.8 Å². The zero-order valence-corrected chi connectivity index (χ0v) is 13.3. The largest absolute Gasteiger partial charge is 0.303 e. The molecule has 0 bridgehead atoms. The molecule has 1 atom stereocenters. The van der Waals surface area contributed by atoms with Crippen molar-refractivity contribution in [1.29, 1.82) is 0 Å². The number of carbonyl (C=O) groups excluding carboxylic acids is 1. The highest BCUT2D eigenvalue weighted by Gasteiger charge is 2.36. The highest BCUT2D eigenvalue weighted by Crippen LogP contribution is 2.43. The number of rotatable bonds is 5. The molecule has 0 N–H and O–H groups in total. The van der Waals surface area contributed by atoms with Crippen molar-refractivity contribution in [3.63, 3.8) is 0 Å². The van der Waals surface area contributed by atoms with Crippen LogP contribution in [-0.4, -0.2) is 6.29 Å². The van der Waals surface area contributed by atoms with Crippen LogP contribution in [0.15, 0.2) is 46.9 Å². The minimum atomic E-state index is -1.42. The fourth-order valence-corrected chi connectivity index (χ4v) is 2.94. The molecule has 0 fully saturated rings. The Morgan fingerprint density at radius 1 is 1.10 bits per heavy atom. The van der Waals surface area contributed by atoms with Crippen LogP contribution in [0.1, 0.15) is 24.0 Å². The fourth-order valence-electron chi connectivity index (χ4n) is 2.26. The van der Waals surface area contributed by atoms with Crippen molar-refractivity contribution in [3.05, 3.63) is 69.7 Å². The van der Waals surface area contributed by atoms with Gasteiger partial charge in [-0.1, -0.05) is 34.1 Å². The number of halogens is 4. The third-order valence-corrected chi connectivity index (χ3v) is 4.39. The Kier molecular flexibility index (Phi) is 5.12. The molecular weight excluding hydrogens is 362 g/mol. The predicted molar refractivity (Wildman–Crippen MR) is 82.4 cm³/mol. The van der Waals surface area contributed by atoms with E-state index in [1.165, 1.54) is 6.07 Å². The summed E-state index contributed by atoms with van der Waals surface area (Å²) in [6.07, 6.45) is 0.902. The van der Waals surface area contributed by atoms with Gasteiger partial charge in [-0.15, -0.1) is 11.6 Å². The highest BCUT2D eigenvalue weighted by atomic mass is 79.9. The lowest BCUT2D eigenvalue weighted by Gasteiger charge is -2.28. The van der Waals surface area contributed by atoms with E-state index in [4.69, 9.17) is 11.6 Å². The maximum Gasteiger partial charge on any atom is 0.131 e. The van der Waals surface area contributed by atoms with Gasteiger partial charge in [0.2, 0.25) is 0 Å². The number of alkyl halides is 1. The van der Waals surface area contributed by atoms with Gasteiger partial charge in [-0.25, -0.2) is 8.78 Å². The van der Waals surface area contributed by atoms with Gasteiger partial charge in [-0.3, -0.25) is 0 Å². The summed E-state index contributed by atoms with van der Waals surface area (Å²) in [5.74, 6) is -1.45. The Morgan fingerprint density at radius 3 is 2.19 bits per heavy atom. The smallest absolute Gasteiger partial charge is 0.131 e. The number of carbonyl (C=O) groups is 1. The first kappa shape index (κ1) is 16.1. The van der Waals surface area contributed by atoms with Gasteiger partial charge in [0.15, 0.2) is 0 Å². The normalized spacial score (nSPS) is 13.7. The van der Waals surface area contributed by atoms with E-state index < -0.39 is 16.5 Å². The molecule has 0 radical (unpaired) electrons. The Balaban J connectivity index is 2.61.